The Hall–Kier alpha value is -1.83. The molecule has 0 amide bonds. The molecular formula is C16H15ClN2O3S2. The van der Waals surface area contributed by atoms with E-state index in [0.717, 1.165) is 22.7 Å². The summed E-state index contributed by atoms with van der Waals surface area (Å²) < 4.78 is 29.4. The molecule has 24 heavy (non-hydrogen) atoms. The minimum atomic E-state index is -3.80. The summed E-state index contributed by atoms with van der Waals surface area (Å²) in [6.45, 7) is 3.59. The van der Waals surface area contributed by atoms with Crippen LogP contribution in [0, 0.1) is 13.8 Å². The predicted molar refractivity (Wildman–Crippen MR) is 98.8 cm³/mol. The highest BCUT2D eigenvalue weighted by molar-refractivity contribution is 7.92. The summed E-state index contributed by atoms with van der Waals surface area (Å²) in [4.78, 5) is 12.0. The third-order valence-corrected chi connectivity index (χ3v) is 6.43. The molecule has 0 radical (unpaired) electrons. The predicted octanol–water partition coefficient (Wildman–Crippen LogP) is 3.67. The van der Waals surface area contributed by atoms with Crippen molar-refractivity contribution < 1.29 is 8.42 Å². The molecule has 1 heterocycles. The number of rotatable bonds is 3. The lowest BCUT2D eigenvalue weighted by molar-refractivity contribution is 0.601. The van der Waals surface area contributed by atoms with E-state index in [1.54, 1.807) is 43.1 Å². The summed E-state index contributed by atoms with van der Waals surface area (Å²) in [7, 11) is -2.04. The van der Waals surface area contributed by atoms with E-state index in [4.69, 9.17) is 11.6 Å². The van der Waals surface area contributed by atoms with Crippen molar-refractivity contribution in [1.29, 1.82) is 0 Å². The van der Waals surface area contributed by atoms with Gasteiger partial charge in [-0.05, 0) is 66.8 Å². The van der Waals surface area contributed by atoms with E-state index in [9.17, 15) is 13.2 Å². The quantitative estimate of drug-likeness (QED) is 0.751. The lowest BCUT2D eigenvalue weighted by Gasteiger charge is -2.12. The van der Waals surface area contributed by atoms with Gasteiger partial charge in [0, 0.05) is 12.1 Å². The maximum atomic E-state index is 12.7. The molecule has 5 nitrogen and oxygen atoms in total. The molecule has 126 valence electrons. The number of hydrogen-bond acceptors (Lipinski definition) is 4. The van der Waals surface area contributed by atoms with Gasteiger partial charge in [-0.15, -0.1) is 0 Å². The molecule has 1 aromatic heterocycles. The fourth-order valence-corrected chi connectivity index (χ4v) is 4.57. The standard InChI is InChI=1S/C16H15ClN2O3S2/c1-9-7-14(10(2)6-13(9)17)18-24(21,22)11-4-5-15-12(8-11)16(20)23-19(15)3/h4-8,18H,1-3H3. The Bertz CT molecular complexity index is 1110. The molecule has 3 aromatic rings. The highest BCUT2D eigenvalue weighted by Crippen LogP contribution is 2.27. The van der Waals surface area contributed by atoms with E-state index >= 15 is 0 Å². The maximum Gasteiger partial charge on any atom is 0.261 e. The molecule has 0 saturated carbocycles. The summed E-state index contributed by atoms with van der Waals surface area (Å²) in [5.41, 5.74) is 2.68. The summed E-state index contributed by atoms with van der Waals surface area (Å²) in [6, 6.07) is 7.95. The fourth-order valence-electron chi connectivity index (χ4n) is 2.44. The van der Waals surface area contributed by atoms with Crippen LogP contribution in [0.1, 0.15) is 11.1 Å². The van der Waals surface area contributed by atoms with Crippen LogP contribution >= 0.6 is 23.1 Å². The van der Waals surface area contributed by atoms with E-state index in [1.807, 2.05) is 0 Å². The minimum Gasteiger partial charge on any atom is -0.297 e. The number of nitrogens with one attached hydrogen (secondary N) is 1. The van der Waals surface area contributed by atoms with Crippen LogP contribution < -0.4 is 9.46 Å². The van der Waals surface area contributed by atoms with Gasteiger partial charge in [-0.25, -0.2) is 8.42 Å². The molecule has 0 spiro atoms. The second-order valence-corrected chi connectivity index (χ2v) is 8.77. The lowest BCUT2D eigenvalue weighted by atomic mass is 10.1. The van der Waals surface area contributed by atoms with E-state index in [1.165, 1.54) is 12.1 Å². The van der Waals surface area contributed by atoms with Gasteiger partial charge in [0.2, 0.25) is 0 Å². The number of aromatic nitrogens is 1. The van der Waals surface area contributed by atoms with Crippen molar-refractivity contribution in [3.05, 3.63) is 56.0 Å². The molecule has 2 aromatic carbocycles. The smallest absolute Gasteiger partial charge is 0.261 e. The lowest BCUT2D eigenvalue weighted by Crippen LogP contribution is -2.14. The van der Waals surface area contributed by atoms with Crippen LogP contribution in [0.2, 0.25) is 5.02 Å². The Balaban J connectivity index is 2.07. The van der Waals surface area contributed by atoms with Crippen LogP contribution in [-0.2, 0) is 17.1 Å². The monoisotopic (exact) mass is 382 g/mol. The molecule has 0 aliphatic rings. The summed E-state index contributed by atoms with van der Waals surface area (Å²) in [5, 5.41) is 0.980. The molecule has 0 atom stereocenters. The van der Waals surface area contributed by atoms with Gasteiger partial charge in [-0.2, -0.15) is 0 Å². The first kappa shape index (κ1) is 17.0. The summed E-state index contributed by atoms with van der Waals surface area (Å²) in [6.07, 6.45) is 0. The van der Waals surface area contributed by atoms with Gasteiger partial charge in [-0.3, -0.25) is 13.5 Å². The molecular weight excluding hydrogens is 368 g/mol. The number of fused-ring (bicyclic) bond motifs is 1. The summed E-state index contributed by atoms with van der Waals surface area (Å²) >= 11 is 7.09. The number of aryl methyl sites for hydroxylation is 3. The zero-order chi connectivity index (χ0) is 17.6. The van der Waals surface area contributed by atoms with E-state index in [-0.39, 0.29) is 9.64 Å². The van der Waals surface area contributed by atoms with Crippen molar-refractivity contribution in [2.24, 2.45) is 7.05 Å². The van der Waals surface area contributed by atoms with Gasteiger partial charge in [0.05, 0.1) is 21.5 Å². The fraction of sp³-hybridized carbons (Fsp3) is 0.188. The molecule has 8 heteroatoms. The second kappa shape index (κ2) is 5.91. The molecule has 0 unspecified atom stereocenters. The molecule has 0 aliphatic heterocycles. The van der Waals surface area contributed by atoms with Crippen LogP contribution in [0.15, 0.2) is 40.0 Å². The number of benzene rings is 2. The molecule has 1 N–H and O–H groups in total. The van der Waals surface area contributed by atoms with Crippen LogP contribution in [0.5, 0.6) is 0 Å². The first-order valence-corrected chi connectivity index (χ1v) is 9.72. The highest BCUT2D eigenvalue weighted by atomic mass is 35.5. The number of nitrogens with zero attached hydrogens (tertiary/aromatic N) is 1. The zero-order valence-corrected chi connectivity index (χ0v) is 15.6. The van der Waals surface area contributed by atoms with Crippen LogP contribution in [0.3, 0.4) is 0 Å². The van der Waals surface area contributed by atoms with Crippen molar-refractivity contribution in [2.75, 3.05) is 4.72 Å². The third-order valence-electron chi connectivity index (χ3n) is 3.81. The second-order valence-electron chi connectivity index (χ2n) is 5.58. The van der Waals surface area contributed by atoms with Crippen LogP contribution in [0.4, 0.5) is 5.69 Å². The van der Waals surface area contributed by atoms with Gasteiger partial charge < -0.3 is 0 Å². The van der Waals surface area contributed by atoms with Gasteiger partial charge in [-0.1, -0.05) is 11.6 Å². The Labute approximate surface area is 148 Å². The Kier molecular flexibility index (Phi) is 4.19. The Morgan fingerprint density at radius 1 is 1.12 bits per heavy atom. The molecule has 0 saturated heterocycles. The first-order valence-electron chi connectivity index (χ1n) is 7.08. The molecule has 0 aliphatic carbocycles. The molecule has 0 fully saturated rings. The SMILES string of the molecule is Cc1cc(NS(=O)(=O)c2ccc3c(c2)c(=O)sn3C)c(C)cc1Cl. The largest absolute Gasteiger partial charge is 0.297 e. The normalized spacial score (nSPS) is 11.8. The number of hydrogen-bond donors (Lipinski definition) is 1. The van der Waals surface area contributed by atoms with Gasteiger partial charge in [0.1, 0.15) is 0 Å². The van der Waals surface area contributed by atoms with Crippen molar-refractivity contribution in [3.8, 4) is 0 Å². The number of halogens is 1. The van der Waals surface area contributed by atoms with Gasteiger partial charge in [0.15, 0.2) is 0 Å². The zero-order valence-electron chi connectivity index (χ0n) is 13.3. The van der Waals surface area contributed by atoms with Crippen LogP contribution in [0.25, 0.3) is 10.9 Å². The van der Waals surface area contributed by atoms with Crippen molar-refractivity contribution in [2.45, 2.75) is 18.7 Å². The van der Waals surface area contributed by atoms with E-state index in [0.29, 0.717) is 21.6 Å². The molecule has 0 bridgehead atoms. The number of sulfonamides is 1. The van der Waals surface area contributed by atoms with Gasteiger partial charge in [0.25, 0.3) is 14.8 Å². The Morgan fingerprint density at radius 3 is 2.54 bits per heavy atom. The Morgan fingerprint density at radius 2 is 1.83 bits per heavy atom. The van der Waals surface area contributed by atoms with Crippen molar-refractivity contribution >= 4 is 49.7 Å². The number of anilines is 1. The van der Waals surface area contributed by atoms with E-state index in [2.05, 4.69) is 4.72 Å². The third kappa shape index (κ3) is 2.94. The van der Waals surface area contributed by atoms with Crippen LogP contribution in [-0.4, -0.2) is 12.4 Å². The average molecular weight is 383 g/mol. The van der Waals surface area contributed by atoms with Gasteiger partial charge >= 0.3 is 0 Å². The molecule has 3 rings (SSSR count). The van der Waals surface area contributed by atoms with Crippen molar-refractivity contribution in [3.63, 3.8) is 0 Å². The van der Waals surface area contributed by atoms with Crippen molar-refractivity contribution in [1.82, 2.24) is 3.96 Å². The highest BCUT2D eigenvalue weighted by Gasteiger charge is 2.18. The minimum absolute atomic E-state index is 0.0532. The maximum absolute atomic E-state index is 12.7. The topological polar surface area (TPSA) is 68.2 Å². The average Bonchev–Trinajstić information content (AvgIpc) is 2.79. The first-order chi connectivity index (χ1) is 11.2. The summed E-state index contributed by atoms with van der Waals surface area (Å²) in [5.74, 6) is 0. The van der Waals surface area contributed by atoms with E-state index < -0.39 is 10.0 Å².